The van der Waals surface area contributed by atoms with Gasteiger partial charge in [-0.05, 0) is 36.4 Å². The van der Waals surface area contributed by atoms with Gasteiger partial charge in [0.25, 0.3) is 0 Å². The summed E-state index contributed by atoms with van der Waals surface area (Å²) in [4.78, 5) is 110. The van der Waals surface area contributed by atoms with Gasteiger partial charge in [-0.1, -0.05) is 12.1 Å². The lowest BCUT2D eigenvalue weighted by molar-refractivity contribution is -0.479. The zero-order valence-corrected chi connectivity index (χ0v) is 31.2. The van der Waals surface area contributed by atoms with Crippen LogP contribution in [0, 0.1) is 40.5 Å². The minimum atomic E-state index is -2.22. The number of aliphatic hydroxyl groups is 1. The molecule has 1 saturated heterocycles. The summed E-state index contributed by atoms with van der Waals surface area (Å²) in [5, 5.41) is 64.8. The van der Waals surface area contributed by atoms with Crippen molar-refractivity contribution in [3.63, 3.8) is 0 Å². The van der Waals surface area contributed by atoms with E-state index in [0.717, 1.165) is 0 Å². The van der Waals surface area contributed by atoms with E-state index in [0.29, 0.717) is 11.4 Å². The van der Waals surface area contributed by atoms with Crippen LogP contribution in [-0.4, -0.2) is 129 Å². The van der Waals surface area contributed by atoms with E-state index in [2.05, 4.69) is 5.32 Å². The van der Waals surface area contributed by atoms with Crippen molar-refractivity contribution in [2.45, 2.75) is 63.3 Å². The Morgan fingerprint density at radius 1 is 0.667 bits per heavy atom. The van der Waals surface area contributed by atoms with Crippen LogP contribution in [-0.2, 0) is 47.7 Å². The van der Waals surface area contributed by atoms with Gasteiger partial charge in [0.15, 0.2) is 24.6 Å². The third kappa shape index (κ3) is 18.2. The number of benzene rings is 2. The number of anilines is 1. The molecule has 326 valence electrons. The lowest BCUT2D eigenvalue weighted by Crippen LogP contribution is -2.62. The van der Waals surface area contributed by atoms with E-state index in [1.54, 1.807) is 36.4 Å². The maximum absolute atomic E-state index is 12.3. The van der Waals surface area contributed by atoms with E-state index in [4.69, 9.17) is 28.4 Å². The number of phenolic OH excluding ortho intramolecular Hbond substituents is 1. The molecule has 0 spiro atoms. The summed E-state index contributed by atoms with van der Waals surface area (Å²) in [6.07, 6.45) is -13.2. The number of carbonyl (C=O) groups is 6. The highest BCUT2D eigenvalue weighted by molar-refractivity contribution is 5.94. The van der Waals surface area contributed by atoms with Crippen molar-refractivity contribution in [3.05, 3.63) is 94.6 Å². The molecule has 1 heterocycles. The van der Waals surface area contributed by atoms with Gasteiger partial charge in [-0.2, -0.15) is 0 Å². The van der Waals surface area contributed by atoms with Gasteiger partial charge in [0.05, 0.1) is 0 Å². The molecule has 2 aromatic rings. The van der Waals surface area contributed by atoms with Gasteiger partial charge >= 0.3 is 29.8 Å². The number of nitro groups is 4. The van der Waals surface area contributed by atoms with Crippen molar-refractivity contribution in [1.82, 2.24) is 0 Å². The zero-order chi connectivity index (χ0) is 44.9. The average molecular weight is 856 g/mol. The Balaban J connectivity index is 0.000000513. The molecule has 0 aromatic heterocycles. The highest BCUT2D eigenvalue weighted by atomic mass is 16.7. The third-order valence-corrected chi connectivity index (χ3v) is 7.32. The molecule has 27 nitrogen and oxygen atoms in total. The van der Waals surface area contributed by atoms with Gasteiger partial charge in [0.1, 0.15) is 55.5 Å². The molecule has 1 amide bonds. The summed E-state index contributed by atoms with van der Waals surface area (Å²) in [7, 11) is 0. The molecule has 60 heavy (non-hydrogen) atoms. The highest BCUT2D eigenvalue weighted by Crippen LogP contribution is 2.29. The van der Waals surface area contributed by atoms with Crippen LogP contribution in [0.5, 0.6) is 11.5 Å². The van der Waals surface area contributed by atoms with Gasteiger partial charge in [-0.3, -0.25) is 64.4 Å². The van der Waals surface area contributed by atoms with Crippen LogP contribution < -0.4 is 10.1 Å². The first kappa shape index (κ1) is 48.7. The number of aromatic hydroxyl groups is 1. The van der Waals surface area contributed by atoms with Crippen molar-refractivity contribution < 1.29 is 87.1 Å². The first-order chi connectivity index (χ1) is 28.2. The molecule has 3 N–H and O–H groups in total. The number of esters is 5. The number of hydrogen-bond donors (Lipinski definition) is 3. The number of aliphatic hydroxyl groups excluding tert-OH is 1. The van der Waals surface area contributed by atoms with E-state index in [1.807, 2.05) is 0 Å². The van der Waals surface area contributed by atoms with E-state index < -0.39 is 139 Å². The Morgan fingerprint density at radius 2 is 1.12 bits per heavy atom. The summed E-state index contributed by atoms with van der Waals surface area (Å²) in [5.41, 5.74) is 0.707. The average Bonchev–Trinajstić information content (AvgIpc) is 3.17. The van der Waals surface area contributed by atoms with Crippen molar-refractivity contribution >= 4 is 41.4 Å². The fourth-order valence-corrected chi connectivity index (χ4v) is 4.66. The Labute approximate surface area is 336 Å². The second-order valence-corrected chi connectivity index (χ2v) is 11.9. The lowest BCUT2D eigenvalue weighted by Gasteiger charge is -2.42. The van der Waals surface area contributed by atoms with Crippen LogP contribution in [0.1, 0.15) is 43.0 Å². The molecule has 27 heteroatoms. The smallest absolute Gasteiger partial charge is 0.347 e. The summed E-state index contributed by atoms with van der Waals surface area (Å²) in [5.74, 6) is -5.69. The molecule has 5 atom stereocenters. The molecule has 2 aromatic carbocycles. The summed E-state index contributed by atoms with van der Waals surface area (Å²) in [6.45, 7) is -3.05. The number of phenols is 1. The number of carbonyl (C=O) groups excluding carboxylic acids is 6. The molecular formula is C33H37N5O22. The number of hydrogen-bond acceptors (Lipinski definition) is 22. The number of para-hydroxylation sites is 1. The Bertz CT molecular complexity index is 1890. The number of ether oxygens (including phenoxy) is 6. The first-order valence-corrected chi connectivity index (χ1v) is 17.2. The third-order valence-electron chi connectivity index (χ3n) is 7.32. The molecule has 0 radical (unpaired) electrons. The van der Waals surface area contributed by atoms with E-state index >= 15 is 0 Å². The summed E-state index contributed by atoms with van der Waals surface area (Å²) >= 11 is 0. The molecule has 1 aliphatic heterocycles. The van der Waals surface area contributed by atoms with E-state index in [-0.39, 0.29) is 17.2 Å². The monoisotopic (exact) mass is 855 g/mol. The van der Waals surface area contributed by atoms with Gasteiger partial charge in [0.2, 0.25) is 32.1 Å². The zero-order valence-electron chi connectivity index (χ0n) is 31.2. The van der Waals surface area contributed by atoms with E-state index in [1.165, 1.54) is 19.1 Å². The quantitative estimate of drug-likeness (QED) is 0.0527. The SMILES string of the molecule is CC(=O)Nc1ccc(OC(=O)c2ccccc2O)cc1.O=C(CC[N+](=O)[O-])OCC1OC(O)C(OC(=O)CC[N+](=O)[O-])C(OC(=O)CC[N+](=O)[O-])C1OC(=O)CC[N+](=O)[O-]. The topological polar surface area (TPSA) is 383 Å². The van der Waals surface area contributed by atoms with E-state index in [9.17, 15) is 79.4 Å². The van der Waals surface area contributed by atoms with Crippen LogP contribution in [0.25, 0.3) is 0 Å². The maximum atomic E-state index is 12.3. The molecule has 0 bridgehead atoms. The van der Waals surface area contributed by atoms with Gasteiger partial charge < -0.3 is 44.0 Å². The normalized spacial score (nSPS) is 17.9. The molecule has 1 fully saturated rings. The molecular weight excluding hydrogens is 818 g/mol. The number of nitrogens with zero attached hydrogens (tertiary/aromatic N) is 4. The second kappa shape index (κ2) is 24.4. The molecule has 0 saturated carbocycles. The molecule has 3 rings (SSSR count). The van der Waals surface area contributed by atoms with Crippen LogP contribution in [0.3, 0.4) is 0 Å². The Hall–Kier alpha value is -7.42. The summed E-state index contributed by atoms with van der Waals surface area (Å²) in [6, 6.07) is 12.5. The van der Waals surface area contributed by atoms with Crippen molar-refractivity contribution in [1.29, 1.82) is 0 Å². The van der Waals surface area contributed by atoms with Crippen molar-refractivity contribution in [2.75, 3.05) is 38.1 Å². The van der Waals surface area contributed by atoms with Crippen LogP contribution in [0.15, 0.2) is 48.5 Å². The number of rotatable bonds is 20. The highest BCUT2D eigenvalue weighted by Gasteiger charge is 2.52. The fourth-order valence-electron chi connectivity index (χ4n) is 4.66. The van der Waals surface area contributed by atoms with Crippen LogP contribution in [0.2, 0.25) is 0 Å². The fraction of sp³-hybridized carbons (Fsp3) is 0.455. The van der Waals surface area contributed by atoms with Crippen molar-refractivity contribution in [3.8, 4) is 11.5 Å². The van der Waals surface area contributed by atoms with Crippen LogP contribution in [0.4, 0.5) is 5.69 Å². The number of amides is 1. The maximum Gasteiger partial charge on any atom is 0.347 e. The van der Waals surface area contributed by atoms with Crippen LogP contribution >= 0.6 is 0 Å². The number of nitrogens with one attached hydrogen (secondary N) is 1. The predicted octanol–water partition coefficient (Wildman–Crippen LogP) is 0.219. The summed E-state index contributed by atoms with van der Waals surface area (Å²) < 4.78 is 30.2. The standard InChI is InChI=1S/C18H24N4O18.C15H13NO4/c23-11(1-5-19(28)29)36-9-10-15(38-12(24)2-6-20(30)31)16(39-13(25)3-7-21(32)33)17(18(27)37-10)40-14(26)4-8-22(34)35;1-10(17)16-11-6-8-12(9-7-11)20-15(19)13-4-2-3-5-14(13)18/h10,15-18,27H,1-9H2;2-9,18H,1H3,(H,16,17). The lowest BCUT2D eigenvalue weighted by atomic mass is 9.98. The van der Waals surface area contributed by atoms with Gasteiger partial charge in [-0.15, -0.1) is 0 Å². The predicted molar refractivity (Wildman–Crippen MR) is 191 cm³/mol. The molecule has 5 unspecified atom stereocenters. The van der Waals surface area contributed by atoms with Crippen molar-refractivity contribution in [2.24, 2.45) is 0 Å². The van der Waals surface area contributed by atoms with Gasteiger partial charge in [-0.25, -0.2) is 4.79 Å². The molecule has 1 aliphatic rings. The molecule has 0 aliphatic carbocycles. The largest absolute Gasteiger partial charge is 0.507 e. The first-order valence-electron chi connectivity index (χ1n) is 17.2. The minimum Gasteiger partial charge on any atom is -0.507 e. The minimum absolute atomic E-state index is 0.0958. The Kier molecular flexibility index (Phi) is 19.8. The van der Waals surface area contributed by atoms with Gasteiger partial charge in [0, 0.05) is 32.3 Å². The Morgan fingerprint density at radius 3 is 1.58 bits per heavy atom. The second-order valence-electron chi connectivity index (χ2n) is 11.9.